The maximum atomic E-state index is 12.6. The molecule has 0 fully saturated rings. The van der Waals surface area contributed by atoms with Crippen LogP contribution in [-0.4, -0.2) is 42.9 Å². The van der Waals surface area contributed by atoms with Crippen molar-refractivity contribution in [3.63, 3.8) is 0 Å². The molecule has 0 aliphatic carbocycles. The summed E-state index contributed by atoms with van der Waals surface area (Å²) in [6.07, 6.45) is 6.10. The van der Waals surface area contributed by atoms with Gasteiger partial charge in [0.1, 0.15) is 5.82 Å². The van der Waals surface area contributed by atoms with E-state index in [0.717, 1.165) is 30.3 Å². The first-order chi connectivity index (χ1) is 9.81. The van der Waals surface area contributed by atoms with Gasteiger partial charge < -0.3 is 14.5 Å². The molecule has 0 spiro atoms. The van der Waals surface area contributed by atoms with Gasteiger partial charge in [0, 0.05) is 38.4 Å². The maximum absolute atomic E-state index is 12.6. The van der Waals surface area contributed by atoms with Gasteiger partial charge in [-0.1, -0.05) is 0 Å². The third-order valence-electron chi connectivity index (χ3n) is 4.08. The largest absolute Gasteiger partial charge is 0.347 e. The summed E-state index contributed by atoms with van der Waals surface area (Å²) in [7, 11) is 0. The van der Waals surface area contributed by atoms with Crippen molar-refractivity contribution >= 4 is 5.91 Å². The van der Waals surface area contributed by atoms with Crippen LogP contribution in [0.25, 0.3) is 0 Å². The molecule has 0 bridgehead atoms. The molecule has 2 aromatic rings. The molecule has 4 rings (SSSR count). The lowest BCUT2D eigenvalue weighted by molar-refractivity contribution is -0.135. The van der Waals surface area contributed by atoms with E-state index < -0.39 is 0 Å². The average molecular weight is 272 g/mol. The molecular formula is C13H16N6O. The third-order valence-corrected chi connectivity index (χ3v) is 4.08. The summed E-state index contributed by atoms with van der Waals surface area (Å²) < 4.78 is 2.10. The van der Waals surface area contributed by atoms with E-state index >= 15 is 0 Å². The van der Waals surface area contributed by atoms with E-state index in [0.29, 0.717) is 19.5 Å². The van der Waals surface area contributed by atoms with Crippen molar-refractivity contribution in [2.24, 2.45) is 0 Å². The minimum absolute atomic E-state index is 0.146. The number of H-pyrrole nitrogens is 1. The number of carbonyl (C=O) groups excluding carboxylic acids is 1. The van der Waals surface area contributed by atoms with E-state index in [4.69, 9.17) is 0 Å². The van der Waals surface area contributed by atoms with Crippen LogP contribution < -0.4 is 5.32 Å². The van der Waals surface area contributed by atoms with Crippen LogP contribution in [0.5, 0.6) is 0 Å². The summed E-state index contributed by atoms with van der Waals surface area (Å²) in [6, 6.07) is -0.174. The number of aromatic amines is 1. The first-order valence-electron chi connectivity index (χ1n) is 6.84. The molecule has 7 nitrogen and oxygen atoms in total. The normalized spacial score (nSPS) is 21.4. The van der Waals surface area contributed by atoms with E-state index in [9.17, 15) is 4.79 Å². The molecule has 2 N–H and O–H groups in total. The summed E-state index contributed by atoms with van der Waals surface area (Å²) in [5.74, 6) is 1.11. The van der Waals surface area contributed by atoms with Gasteiger partial charge in [0.2, 0.25) is 5.91 Å². The average Bonchev–Trinajstić information content (AvgIpc) is 3.13. The second kappa shape index (κ2) is 4.45. The van der Waals surface area contributed by atoms with Gasteiger partial charge in [-0.3, -0.25) is 10.1 Å². The van der Waals surface area contributed by atoms with Crippen LogP contribution in [0.1, 0.15) is 17.2 Å². The van der Waals surface area contributed by atoms with Crippen molar-refractivity contribution in [3.05, 3.63) is 35.9 Å². The van der Waals surface area contributed by atoms with Gasteiger partial charge in [-0.2, -0.15) is 0 Å². The fourth-order valence-corrected chi connectivity index (χ4v) is 2.93. The lowest BCUT2D eigenvalue weighted by Crippen LogP contribution is -2.51. The molecule has 20 heavy (non-hydrogen) atoms. The zero-order valence-corrected chi connectivity index (χ0v) is 11.0. The van der Waals surface area contributed by atoms with Crippen LogP contribution in [0, 0.1) is 0 Å². The fraction of sp³-hybridized carbons (Fsp3) is 0.462. The first-order valence-corrected chi connectivity index (χ1v) is 6.84. The summed E-state index contributed by atoms with van der Waals surface area (Å²) in [4.78, 5) is 26.2. The van der Waals surface area contributed by atoms with Gasteiger partial charge in [-0.15, -0.1) is 0 Å². The van der Waals surface area contributed by atoms with Gasteiger partial charge in [0.25, 0.3) is 0 Å². The summed E-state index contributed by atoms with van der Waals surface area (Å²) in [5.41, 5.74) is 2.09. The van der Waals surface area contributed by atoms with Crippen molar-refractivity contribution < 1.29 is 4.79 Å². The molecule has 1 unspecified atom stereocenters. The molecule has 0 radical (unpaired) electrons. The molecule has 1 atom stereocenters. The lowest BCUT2D eigenvalue weighted by Gasteiger charge is -2.32. The SMILES string of the molecule is O=C(C1Cc2nc[nH]c2CN1)N1CCn2ccnc2C1. The fourth-order valence-electron chi connectivity index (χ4n) is 2.93. The van der Waals surface area contributed by atoms with Crippen molar-refractivity contribution in [3.8, 4) is 0 Å². The van der Waals surface area contributed by atoms with E-state index in [1.807, 2.05) is 11.1 Å². The first kappa shape index (κ1) is 11.7. The Balaban J connectivity index is 1.49. The number of fused-ring (bicyclic) bond motifs is 2. The Bertz CT molecular complexity index is 591. The Morgan fingerprint density at radius 1 is 1.35 bits per heavy atom. The predicted molar refractivity (Wildman–Crippen MR) is 70.6 cm³/mol. The Hall–Kier alpha value is -2.15. The standard InChI is InChI=1S/C13H16N6O/c20-13(10-5-9-11(6-15-10)17-8-16-9)19-4-3-18-2-1-14-12(18)7-19/h1-2,8,10,15H,3-7H2,(H,16,17). The molecule has 1 amide bonds. The number of aromatic nitrogens is 4. The van der Waals surface area contributed by atoms with Crippen molar-refractivity contribution in [2.75, 3.05) is 6.54 Å². The Kier molecular flexibility index (Phi) is 2.59. The molecule has 2 aliphatic heterocycles. The van der Waals surface area contributed by atoms with Crippen molar-refractivity contribution in [2.45, 2.75) is 32.1 Å². The zero-order valence-electron chi connectivity index (χ0n) is 11.0. The lowest BCUT2D eigenvalue weighted by atomic mass is 10.0. The Morgan fingerprint density at radius 2 is 2.30 bits per heavy atom. The highest BCUT2D eigenvalue weighted by Crippen LogP contribution is 2.16. The molecule has 0 saturated carbocycles. The van der Waals surface area contributed by atoms with Crippen molar-refractivity contribution in [1.82, 2.24) is 29.7 Å². The van der Waals surface area contributed by atoms with Crippen molar-refractivity contribution in [1.29, 1.82) is 0 Å². The maximum Gasteiger partial charge on any atom is 0.240 e. The van der Waals surface area contributed by atoms with E-state index in [1.165, 1.54) is 0 Å². The highest BCUT2D eigenvalue weighted by Gasteiger charge is 2.31. The third kappa shape index (κ3) is 1.82. The molecule has 104 valence electrons. The number of amides is 1. The second-order valence-electron chi connectivity index (χ2n) is 5.26. The van der Waals surface area contributed by atoms with Gasteiger partial charge in [-0.25, -0.2) is 9.97 Å². The van der Waals surface area contributed by atoms with Crippen LogP contribution in [0.2, 0.25) is 0 Å². The summed E-state index contributed by atoms with van der Waals surface area (Å²) >= 11 is 0. The summed E-state index contributed by atoms with van der Waals surface area (Å²) in [5, 5.41) is 3.29. The van der Waals surface area contributed by atoms with Gasteiger partial charge in [0.15, 0.2) is 0 Å². The van der Waals surface area contributed by atoms with Gasteiger partial charge in [-0.05, 0) is 0 Å². The van der Waals surface area contributed by atoms with E-state index in [1.54, 1.807) is 12.5 Å². The molecule has 0 aromatic carbocycles. The zero-order chi connectivity index (χ0) is 13.5. The molecular weight excluding hydrogens is 256 g/mol. The van der Waals surface area contributed by atoms with Crippen LogP contribution in [-0.2, 0) is 30.8 Å². The predicted octanol–water partition coefficient (Wildman–Crippen LogP) is -0.337. The van der Waals surface area contributed by atoms with Crippen LogP contribution in [0.4, 0.5) is 0 Å². The van der Waals surface area contributed by atoms with Crippen LogP contribution in [0.15, 0.2) is 18.7 Å². The number of imidazole rings is 2. The molecule has 4 heterocycles. The molecule has 2 aliphatic rings. The van der Waals surface area contributed by atoms with Gasteiger partial charge in [0.05, 0.1) is 30.3 Å². The number of nitrogens with one attached hydrogen (secondary N) is 2. The number of hydrogen-bond acceptors (Lipinski definition) is 4. The smallest absolute Gasteiger partial charge is 0.240 e. The Labute approximate surface area is 116 Å². The second-order valence-corrected chi connectivity index (χ2v) is 5.26. The number of nitrogens with zero attached hydrogens (tertiary/aromatic N) is 4. The topological polar surface area (TPSA) is 78.8 Å². The van der Waals surface area contributed by atoms with Crippen LogP contribution in [0.3, 0.4) is 0 Å². The number of carbonyl (C=O) groups is 1. The van der Waals surface area contributed by atoms with E-state index in [2.05, 4.69) is 24.8 Å². The highest BCUT2D eigenvalue weighted by molar-refractivity contribution is 5.82. The molecule has 7 heteroatoms. The highest BCUT2D eigenvalue weighted by atomic mass is 16.2. The molecule has 2 aromatic heterocycles. The number of hydrogen-bond donors (Lipinski definition) is 2. The van der Waals surface area contributed by atoms with Gasteiger partial charge >= 0.3 is 0 Å². The monoisotopic (exact) mass is 272 g/mol. The quantitative estimate of drug-likeness (QED) is 0.744. The number of rotatable bonds is 1. The molecule has 0 saturated heterocycles. The minimum Gasteiger partial charge on any atom is -0.347 e. The summed E-state index contributed by atoms with van der Waals surface area (Å²) in [6.45, 7) is 2.83. The van der Waals surface area contributed by atoms with E-state index in [-0.39, 0.29) is 11.9 Å². The van der Waals surface area contributed by atoms with Crippen LogP contribution >= 0.6 is 0 Å². The minimum atomic E-state index is -0.174. The Morgan fingerprint density at radius 3 is 3.25 bits per heavy atom.